The number of hydrogen-bond donors (Lipinski definition) is 1. The summed E-state index contributed by atoms with van der Waals surface area (Å²) in [6.45, 7) is 2.89. The fourth-order valence-corrected chi connectivity index (χ4v) is 2.54. The van der Waals surface area contributed by atoms with Gasteiger partial charge in [-0.05, 0) is 36.6 Å². The molecule has 1 aromatic carbocycles. The van der Waals surface area contributed by atoms with Crippen molar-refractivity contribution in [1.29, 1.82) is 0 Å². The van der Waals surface area contributed by atoms with Crippen molar-refractivity contribution in [3.05, 3.63) is 41.9 Å². The molecule has 4 heteroatoms. The van der Waals surface area contributed by atoms with Crippen LogP contribution < -0.4 is 14.8 Å². The van der Waals surface area contributed by atoms with Gasteiger partial charge in [-0.2, -0.15) is 0 Å². The van der Waals surface area contributed by atoms with Gasteiger partial charge in [0.2, 0.25) is 0 Å². The first-order valence-corrected chi connectivity index (χ1v) is 7.25. The molecule has 0 bridgehead atoms. The van der Waals surface area contributed by atoms with Crippen LogP contribution in [0.5, 0.6) is 11.5 Å². The molecule has 2 unspecified atom stereocenters. The highest BCUT2D eigenvalue weighted by Crippen LogP contribution is 2.47. The second kappa shape index (κ2) is 5.72. The average Bonchev–Trinajstić information content (AvgIpc) is 3.06. The molecule has 112 valence electrons. The van der Waals surface area contributed by atoms with Crippen molar-refractivity contribution in [2.45, 2.75) is 25.8 Å². The van der Waals surface area contributed by atoms with Gasteiger partial charge < -0.3 is 19.2 Å². The number of nitrogens with one attached hydrogen (secondary N) is 1. The predicted octanol–water partition coefficient (Wildman–Crippen LogP) is 4.03. The predicted molar refractivity (Wildman–Crippen MR) is 82.1 cm³/mol. The molecule has 0 amide bonds. The number of benzene rings is 1. The van der Waals surface area contributed by atoms with E-state index in [9.17, 15) is 0 Å². The van der Waals surface area contributed by atoms with Crippen LogP contribution in [0.4, 0.5) is 5.69 Å². The molecule has 1 aliphatic rings. The number of rotatable bonds is 6. The molecule has 0 aliphatic heterocycles. The van der Waals surface area contributed by atoms with Crippen LogP contribution in [-0.4, -0.2) is 14.2 Å². The van der Waals surface area contributed by atoms with Gasteiger partial charge in [-0.1, -0.05) is 6.92 Å². The summed E-state index contributed by atoms with van der Waals surface area (Å²) in [5, 5.41) is 3.34. The maximum atomic E-state index is 5.90. The molecule has 1 heterocycles. The highest BCUT2D eigenvalue weighted by atomic mass is 16.5. The summed E-state index contributed by atoms with van der Waals surface area (Å²) in [5.41, 5.74) is 0.898. The Kier molecular flexibility index (Phi) is 3.78. The number of ether oxygens (including phenoxy) is 2. The molecule has 3 rings (SSSR count). The molecule has 4 nitrogen and oxygen atoms in total. The topological polar surface area (TPSA) is 43.6 Å². The fraction of sp³-hybridized carbons (Fsp3) is 0.412. The third kappa shape index (κ3) is 2.99. The van der Waals surface area contributed by atoms with Crippen molar-refractivity contribution < 1.29 is 13.9 Å². The Morgan fingerprint density at radius 1 is 1.19 bits per heavy atom. The zero-order valence-electron chi connectivity index (χ0n) is 12.7. The third-order valence-electron chi connectivity index (χ3n) is 4.02. The second-order valence-corrected chi connectivity index (χ2v) is 5.54. The van der Waals surface area contributed by atoms with Crippen LogP contribution in [0.3, 0.4) is 0 Å². The van der Waals surface area contributed by atoms with Gasteiger partial charge in [0.25, 0.3) is 0 Å². The number of hydrogen-bond acceptors (Lipinski definition) is 4. The first-order chi connectivity index (χ1) is 10.2. The van der Waals surface area contributed by atoms with E-state index in [4.69, 9.17) is 13.9 Å². The Hall–Kier alpha value is -2.10. The molecule has 0 saturated heterocycles. The molecule has 1 fully saturated rings. The molecular weight excluding hydrogens is 266 g/mol. The summed E-state index contributed by atoms with van der Waals surface area (Å²) in [6.07, 6.45) is 1.24. The monoisotopic (exact) mass is 287 g/mol. The maximum absolute atomic E-state index is 5.90. The van der Waals surface area contributed by atoms with Crippen LogP contribution in [0, 0.1) is 5.92 Å². The molecule has 0 radical (unpaired) electrons. The molecule has 2 atom stereocenters. The molecule has 1 aromatic heterocycles. The lowest BCUT2D eigenvalue weighted by Crippen LogP contribution is -2.01. The molecule has 2 aromatic rings. The largest absolute Gasteiger partial charge is 0.497 e. The highest BCUT2D eigenvalue weighted by Gasteiger charge is 2.36. The van der Waals surface area contributed by atoms with E-state index in [-0.39, 0.29) is 0 Å². The smallest absolute Gasteiger partial charge is 0.142 e. The van der Waals surface area contributed by atoms with E-state index in [0.29, 0.717) is 12.5 Å². The van der Waals surface area contributed by atoms with Crippen LogP contribution in [-0.2, 0) is 6.54 Å². The summed E-state index contributed by atoms with van der Waals surface area (Å²) in [7, 11) is 3.31. The molecular formula is C17H21NO3. The molecule has 1 aliphatic carbocycles. The Morgan fingerprint density at radius 3 is 2.67 bits per heavy atom. The van der Waals surface area contributed by atoms with Gasteiger partial charge in [0.15, 0.2) is 0 Å². The number of methoxy groups -OCH3 is 2. The van der Waals surface area contributed by atoms with Gasteiger partial charge in [-0.25, -0.2) is 0 Å². The van der Waals surface area contributed by atoms with Crippen molar-refractivity contribution in [1.82, 2.24) is 0 Å². The van der Waals surface area contributed by atoms with Crippen molar-refractivity contribution in [3.8, 4) is 11.5 Å². The van der Waals surface area contributed by atoms with E-state index < -0.39 is 0 Å². The standard InChI is InChI=1S/C17H21NO3/c1-11-8-14(11)16-6-5-13(21-16)10-18-15-9-12(19-2)4-7-17(15)20-3/h4-7,9,11,14,18H,8,10H2,1-3H3. The van der Waals surface area contributed by atoms with E-state index in [0.717, 1.165) is 34.6 Å². The number of furan rings is 1. The quantitative estimate of drug-likeness (QED) is 0.871. The van der Waals surface area contributed by atoms with Gasteiger partial charge in [-0.3, -0.25) is 0 Å². The van der Waals surface area contributed by atoms with Crippen LogP contribution in [0.25, 0.3) is 0 Å². The van der Waals surface area contributed by atoms with Crippen molar-refractivity contribution >= 4 is 5.69 Å². The highest BCUT2D eigenvalue weighted by molar-refractivity contribution is 5.59. The first-order valence-electron chi connectivity index (χ1n) is 7.25. The normalized spacial score (nSPS) is 20.1. The summed E-state index contributed by atoms with van der Waals surface area (Å²) in [4.78, 5) is 0. The maximum Gasteiger partial charge on any atom is 0.142 e. The minimum Gasteiger partial charge on any atom is -0.497 e. The fourth-order valence-electron chi connectivity index (χ4n) is 2.54. The van der Waals surface area contributed by atoms with Crippen molar-refractivity contribution in [3.63, 3.8) is 0 Å². The third-order valence-corrected chi connectivity index (χ3v) is 4.02. The lowest BCUT2D eigenvalue weighted by atomic mass is 10.2. The second-order valence-electron chi connectivity index (χ2n) is 5.54. The lowest BCUT2D eigenvalue weighted by molar-refractivity contribution is 0.404. The van der Waals surface area contributed by atoms with Crippen LogP contribution >= 0.6 is 0 Å². The summed E-state index contributed by atoms with van der Waals surface area (Å²) >= 11 is 0. The van der Waals surface area contributed by atoms with Gasteiger partial charge in [0.05, 0.1) is 26.5 Å². The molecule has 21 heavy (non-hydrogen) atoms. The summed E-state index contributed by atoms with van der Waals surface area (Å²) in [5.74, 6) is 5.01. The minimum atomic E-state index is 0.616. The van der Waals surface area contributed by atoms with E-state index in [2.05, 4.69) is 18.3 Å². The Balaban J connectivity index is 1.68. The molecule has 1 saturated carbocycles. The van der Waals surface area contributed by atoms with Gasteiger partial charge in [0.1, 0.15) is 23.0 Å². The van der Waals surface area contributed by atoms with Crippen LogP contribution in [0.1, 0.15) is 30.8 Å². The molecule has 0 spiro atoms. The van der Waals surface area contributed by atoms with E-state index in [1.165, 1.54) is 6.42 Å². The van der Waals surface area contributed by atoms with E-state index in [1.54, 1.807) is 14.2 Å². The zero-order valence-corrected chi connectivity index (χ0v) is 12.7. The zero-order chi connectivity index (χ0) is 14.8. The SMILES string of the molecule is COc1ccc(OC)c(NCc2ccc(C3CC3C)o2)c1. The van der Waals surface area contributed by atoms with E-state index in [1.807, 2.05) is 24.3 Å². The van der Waals surface area contributed by atoms with Gasteiger partial charge >= 0.3 is 0 Å². The molecule has 1 N–H and O–H groups in total. The Bertz CT molecular complexity index is 620. The number of anilines is 1. The van der Waals surface area contributed by atoms with Gasteiger partial charge in [-0.15, -0.1) is 0 Å². The Labute approximate surface area is 125 Å². The minimum absolute atomic E-state index is 0.616. The van der Waals surface area contributed by atoms with Crippen LogP contribution in [0.2, 0.25) is 0 Å². The Morgan fingerprint density at radius 2 is 2.00 bits per heavy atom. The van der Waals surface area contributed by atoms with Crippen molar-refractivity contribution in [2.24, 2.45) is 5.92 Å². The lowest BCUT2D eigenvalue weighted by Gasteiger charge is -2.11. The summed E-state index contributed by atoms with van der Waals surface area (Å²) < 4.78 is 16.5. The summed E-state index contributed by atoms with van der Waals surface area (Å²) in [6, 6.07) is 9.82. The average molecular weight is 287 g/mol. The van der Waals surface area contributed by atoms with Gasteiger partial charge in [0, 0.05) is 12.0 Å². The van der Waals surface area contributed by atoms with Crippen LogP contribution in [0.15, 0.2) is 34.7 Å². The first kappa shape index (κ1) is 13.9. The van der Waals surface area contributed by atoms with E-state index >= 15 is 0 Å². The van der Waals surface area contributed by atoms with Crippen molar-refractivity contribution in [2.75, 3.05) is 19.5 Å².